The SMILES string of the molecule is CCN1CCC[C@@H]1CNCc1cn(CCC(N)=O)c2ccccc12. The number of carbonyl (C=O) groups is 1. The number of carbonyl (C=O) groups excluding carboxylic acids is 1. The lowest BCUT2D eigenvalue weighted by molar-refractivity contribution is -0.118. The van der Waals surface area contributed by atoms with Gasteiger partial charge in [-0.2, -0.15) is 0 Å². The zero-order chi connectivity index (χ0) is 16.9. The van der Waals surface area contributed by atoms with Gasteiger partial charge in [0.1, 0.15) is 0 Å². The van der Waals surface area contributed by atoms with Crippen molar-refractivity contribution in [1.82, 2.24) is 14.8 Å². The van der Waals surface area contributed by atoms with Crippen LogP contribution in [0.25, 0.3) is 10.9 Å². The third-order valence-corrected chi connectivity index (χ3v) is 5.07. The van der Waals surface area contributed by atoms with Gasteiger partial charge in [0.2, 0.25) is 5.91 Å². The molecule has 2 aromatic rings. The normalized spacial score (nSPS) is 18.5. The monoisotopic (exact) mass is 328 g/mol. The Morgan fingerprint density at radius 2 is 2.21 bits per heavy atom. The number of rotatable bonds is 8. The van der Waals surface area contributed by atoms with Crippen molar-refractivity contribution in [3.8, 4) is 0 Å². The summed E-state index contributed by atoms with van der Waals surface area (Å²) >= 11 is 0. The number of fused-ring (bicyclic) bond motifs is 1. The molecule has 1 amide bonds. The summed E-state index contributed by atoms with van der Waals surface area (Å²) in [4.78, 5) is 13.6. The van der Waals surface area contributed by atoms with Gasteiger partial charge in [0.15, 0.2) is 0 Å². The predicted molar refractivity (Wildman–Crippen MR) is 97.7 cm³/mol. The van der Waals surface area contributed by atoms with Gasteiger partial charge in [0, 0.05) is 49.2 Å². The molecular weight excluding hydrogens is 300 g/mol. The quantitative estimate of drug-likeness (QED) is 0.780. The number of nitrogens with one attached hydrogen (secondary N) is 1. The molecule has 0 unspecified atom stereocenters. The minimum absolute atomic E-state index is 0.256. The largest absolute Gasteiger partial charge is 0.370 e. The number of para-hydroxylation sites is 1. The minimum atomic E-state index is -0.256. The first-order chi connectivity index (χ1) is 11.7. The van der Waals surface area contributed by atoms with Crippen LogP contribution in [0, 0.1) is 0 Å². The van der Waals surface area contributed by atoms with Crippen LogP contribution in [0.1, 0.15) is 31.7 Å². The molecule has 5 nitrogen and oxygen atoms in total. The number of hydrogen-bond donors (Lipinski definition) is 2. The molecule has 130 valence electrons. The lowest BCUT2D eigenvalue weighted by atomic mass is 10.1. The highest BCUT2D eigenvalue weighted by Crippen LogP contribution is 2.22. The predicted octanol–water partition coefficient (Wildman–Crippen LogP) is 2.09. The van der Waals surface area contributed by atoms with Crippen LogP contribution < -0.4 is 11.1 Å². The smallest absolute Gasteiger partial charge is 0.219 e. The van der Waals surface area contributed by atoms with Crippen LogP contribution in [0.5, 0.6) is 0 Å². The molecule has 5 heteroatoms. The van der Waals surface area contributed by atoms with E-state index < -0.39 is 0 Å². The van der Waals surface area contributed by atoms with Gasteiger partial charge in [0.05, 0.1) is 0 Å². The topological polar surface area (TPSA) is 63.3 Å². The van der Waals surface area contributed by atoms with E-state index in [9.17, 15) is 4.79 Å². The van der Waals surface area contributed by atoms with E-state index in [1.165, 1.54) is 35.9 Å². The maximum Gasteiger partial charge on any atom is 0.219 e. The number of likely N-dealkylation sites (N-methyl/N-ethyl adjacent to an activating group) is 1. The van der Waals surface area contributed by atoms with E-state index in [1.54, 1.807) is 0 Å². The number of nitrogens with zero attached hydrogens (tertiary/aromatic N) is 2. The summed E-state index contributed by atoms with van der Waals surface area (Å²) in [6.45, 7) is 7.15. The zero-order valence-corrected chi connectivity index (χ0v) is 14.5. The Morgan fingerprint density at radius 1 is 1.38 bits per heavy atom. The van der Waals surface area contributed by atoms with Gasteiger partial charge in [-0.25, -0.2) is 0 Å². The van der Waals surface area contributed by atoms with Gasteiger partial charge in [-0.05, 0) is 37.6 Å². The van der Waals surface area contributed by atoms with Crippen LogP contribution in [0.3, 0.4) is 0 Å². The molecule has 1 fully saturated rings. The molecule has 1 atom stereocenters. The Morgan fingerprint density at radius 3 is 3.00 bits per heavy atom. The number of likely N-dealkylation sites (tertiary alicyclic amines) is 1. The molecule has 3 rings (SSSR count). The number of aromatic nitrogens is 1. The van der Waals surface area contributed by atoms with E-state index in [-0.39, 0.29) is 5.91 Å². The van der Waals surface area contributed by atoms with Crippen LogP contribution in [-0.2, 0) is 17.9 Å². The van der Waals surface area contributed by atoms with Crippen molar-refractivity contribution in [3.63, 3.8) is 0 Å². The Hall–Kier alpha value is -1.85. The average Bonchev–Trinajstić information content (AvgIpc) is 3.18. The second-order valence-corrected chi connectivity index (χ2v) is 6.64. The molecule has 0 radical (unpaired) electrons. The fourth-order valence-corrected chi connectivity index (χ4v) is 3.80. The highest BCUT2D eigenvalue weighted by atomic mass is 16.1. The summed E-state index contributed by atoms with van der Waals surface area (Å²) in [5, 5.41) is 4.89. The first-order valence-corrected chi connectivity index (χ1v) is 8.99. The number of amides is 1. The standard InChI is InChI=1S/C19H28N4O/c1-2-22-10-5-6-16(22)13-21-12-15-14-23(11-9-19(20)24)18-8-4-3-7-17(15)18/h3-4,7-8,14,16,21H,2,5-6,9-13H2,1H3,(H2,20,24)/t16-/m1/s1. The number of hydrogen-bond acceptors (Lipinski definition) is 3. The molecule has 1 aliphatic heterocycles. The summed E-state index contributed by atoms with van der Waals surface area (Å²) in [5.74, 6) is -0.256. The first-order valence-electron chi connectivity index (χ1n) is 8.99. The maximum atomic E-state index is 11.1. The Labute approximate surface area is 143 Å². The van der Waals surface area contributed by atoms with Crippen LogP contribution in [0.15, 0.2) is 30.5 Å². The molecule has 1 aromatic carbocycles. The van der Waals surface area contributed by atoms with E-state index in [4.69, 9.17) is 5.73 Å². The first kappa shape index (κ1) is 17.0. The van der Waals surface area contributed by atoms with Crippen molar-refractivity contribution in [2.24, 2.45) is 5.73 Å². The molecule has 0 saturated carbocycles. The van der Waals surface area contributed by atoms with Gasteiger partial charge in [-0.1, -0.05) is 25.1 Å². The van der Waals surface area contributed by atoms with E-state index >= 15 is 0 Å². The molecule has 2 heterocycles. The maximum absolute atomic E-state index is 11.1. The van der Waals surface area contributed by atoms with Crippen molar-refractivity contribution >= 4 is 16.8 Å². The Bertz CT molecular complexity index is 694. The van der Waals surface area contributed by atoms with E-state index in [1.807, 2.05) is 6.07 Å². The summed E-state index contributed by atoms with van der Waals surface area (Å²) in [5.41, 5.74) is 7.76. The highest BCUT2D eigenvalue weighted by Gasteiger charge is 2.22. The molecule has 1 saturated heterocycles. The lowest BCUT2D eigenvalue weighted by Gasteiger charge is -2.22. The van der Waals surface area contributed by atoms with Gasteiger partial charge >= 0.3 is 0 Å². The van der Waals surface area contributed by atoms with Crippen LogP contribution in [0.4, 0.5) is 0 Å². The molecule has 3 N–H and O–H groups in total. The van der Waals surface area contributed by atoms with E-state index in [0.717, 1.165) is 19.6 Å². The Kier molecular flexibility index (Phi) is 5.53. The molecule has 0 aliphatic carbocycles. The molecule has 0 spiro atoms. The van der Waals surface area contributed by atoms with Crippen LogP contribution in [0.2, 0.25) is 0 Å². The molecule has 1 aliphatic rings. The van der Waals surface area contributed by atoms with Gasteiger partial charge in [0.25, 0.3) is 0 Å². The summed E-state index contributed by atoms with van der Waals surface area (Å²) in [6.07, 6.45) is 5.14. The molecule has 24 heavy (non-hydrogen) atoms. The fraction of sp³-hybridized carbons (Fsp3) is 0.526. The minimum Gasteiger partial charge on any atom is -0.370 e. The van der Waals surface area contributed by atoms with Crippen LogP contribution in [-0.4, -0.2) is 41.1 Å². The lowest BCUT2D eigenvalue weighted by Crippen LogP contribution is -2.37. The summed E-state index contributed by atoms with van der Waals surface area (Å²) < 4.78 is 2.14. The number of nitrogens with two attached hydrogens (primary N) is 1. The third-order valence-electron chi connectivity index (χ3n) is 5.07. The zero-order valence-electron chi connectivity index (χ0n) is 14.5. The average molecular weight is 328 g/mol. The second kappa shape index (κ2) is 7.81. The highest BCUT2D eigenvalue weighted by molar-refractivity contribution is 5.84. The molecule has 1 aromatic heterocycles. The van der Waals surface area contributed by atoms with E-state index in [0.29, 0.717) is 19.0 Å². The summed E-state index contributed by atoms with van der Waals surface area (Å²) in [7, 11) is 0. The second-order valence-electron chi connectivity index (χ2n) is 6.64. The van der Waals surface area contributed by atoms with E-state index in [2.05, 4.69) is 46.1 Å². The molecule has 0 bridgehead atoms. The molecular formula is C19H28N4O. The van der Waals surface area contributed by atoms with Crippen LogP contribution >= 0.6 is 0 Å². The number of benzene rings is 1. The van der Waals surface area contributed by atoms with Gasteiger partial charge in [-0.3, -0.25) is 9.69 Å². The van der Waals surface area contributed by atoms with Crippen molar-refractivity contribution < 1.29 is 4.79 Å². The number of primary amides is 1. The van der Waals surface area contributed by atoms with Gasteiger partial charge < -0.3 is 15.6 Å². The van der Waals surface area contributed by atoms with Gasteiger partial charge in [-0.15, -0.1) is 0 Å². The third kappa shape index (κ3) is 3.79. The van der Waals surface area contributed by atoms with Crippen molar-refractivity contribution in [2.75, 3.05) is 19.6 Å². The van der Waals surface area contributed by atoms with Crippen molar-refractivity contribution in [3.05, 3.63) is 36.0 Å². The fourth-order valence-electron chi connectivity index (χ4n) is 3.80. The number of aryl methyl sites for hydroxylation is 1. The summed E-state index contributed by atoms with van der Waals surface area (Å²) in [6, 6.07) is 9.03. The van der Waals surface area contributed by atoms with Crippen molar-refractivity contribution in [2.45, 2.75) is 45.3 Å². The van der Waals surface area contributed by atoms with Crippen molar-refractivity contribution in [1.29, 1.82) is 0 Å². The Balaban J connectivity index is 1.66.